The van der Waals surface area contributed by atoms with Gasteiger partial charge in [-0.25, -0.2) is 0 Å². The Morgan fingerprint density at radius 2 is 0.558 bits per heavy atom. The second-order valence-electron chi connectivity index (χ2n) is 16.9. The minimum atomic E-state index is -0.296. The summed E-state index contributed by atoms with van der Waals surface area (Å²) in [6.45, 7) is 34.6. The van der Waals surface area contributed by atoms with Gasteiger partial charge in [-0.05, 0) is 113 Å². The Bertz CT molecular complexity index is 524. The van der Waals surface area contributed by atoms with Gasteiger partial charge in [-0.1, -0.05) is 131 Å². The van der Waals surface area contributed by atoms with Gasteiger partial charge in [-0.2, -0.15) is 0 Å². The molecule has 326 valence electrons. The summed E-state index contributed by atoms with van der Waals surface area (Å²) in [6, 6.07) is 0. The lowest BCUT2D eigenvalue weighted by Crippen LogP contribution is -2.21. The molecule has 0 fully saturated rings. The van der Waals surface area contributed by atoms with Crippen LogP contribution in [-0.2, 0) is 0 Å². The molecule has 8 heteroatoms. The number of hydrogen-bond acceptors (Lipinski definition) is 8. The van der Waals surface area contributed by atoms with Gasteiger partial charge in [-0.15, -0.1) is 0 Å². The van der Waals surface area contributed by atoms with Crippen LogP contribution in [0.2, 0.25) is 0 Å². The average molecular weight is 757 g/mol. The summed E-state index contributed by atoms with van der Waals surface area (Å²) >= 11 is 0. The van der Waals surface area contributed by atoms with Crippen molar-refractivity contribution in [2.24, 2.45) is 47.0 Å². The lowest BCUT2D eigenvalue weighted by molar-refractivity contribution is 0.138. The molecule has 0 aliphatic carbocycles. The molecule has 0 aliphatic rings. The SMILES string of the molecule is C.CC(C)C[C@@H](O)CN.CC(C)C[C@H](O)CCN.CCC(O)CC(C)C.CCCC(O)CC(C)C.CCC[C@H](O)CC(C)C.CC[C@@H](O)CC(C)C. The summed E-state index contributed by atoms with van der Waals surface area (Å²) in [5.74, 6) is 3.65. The van der Waals surface area contributed by atoms with Gasteiger partial charge in [0.1, 0.15) is 0 Å². The second kappa shape index (κ2) is 48.7. The molecule has 0 aliphatic heterocycles. The normalized spacial score (nSPS) is 14.2. The van der Waals surface area contributed by atoms with Gasteiger partial charge >= 0.3 is 0 Å². The number of nitrogens with two attached hydrogens (primary N) is 2. The van der Waals surface area contributed by atoms with Crippen molar-refractivity contribution in [3.63, 3.8) is 0 Å². The summed E-state index contributed by atoms with van der Waals surface area (Å²) in [7, 11) is 0. The highest BCUT2D eigenvalue weighted by Gasteiger charge is 2.06. The van der Waals surface area contributed by atoms with Gasteiger partial charge < -0.3 is 42.1 Å². The zero-order valence-corrected chi connectivity index (χ0v) is 37.4. The Kier molecular flexibility index (Phi) is 62.3. The maximum atomic E-state index is 9.22. The number of aliphatic hydroxyl groups is 6. The van der Waals surface area contributed by atoms with Crippen LogP contribution in [0.3, 0.4) is 0 Å². The van der Waals surface area contributed by atoms with Crippen molar-refractivity contribution in [2.75, 3.05) is 13.1 Å². The lowest BCUT2D eigenvalue weighted by Gasteiger charge is -2.10. The first-order valence-electron chi connectivity index (χ1n) is 21.0. The van der Waals surface area contributed by atoms with Crippen molar-refractivity contribution in [3.05, 3.63) is 0 Å². The van der Waals surface area contributed by atoms with Crippen LogP contribution in [-0.4, -0.2) is 80.4 Å². The highest BCUT2D eigenvalue weighted by Crippen LogP contribution is 2.10. The fourth-order valence-electron chi connectivity index (χ4n) is 4.91. The van der Waals surface area contributed by atoms with E-state index in [4.69, 9.17) is 31.9 Å². The smallest absolute Gasteiger partial charge is 0.0664 e. The van der Waals surface area contributed by atoms with E-state index in [-0.39, 0.29) is 44.1 Å². The molecule has 0 rings (SSSR count). The van der Waals surface area contributed by atoms with E-state index in [1.54, 1.807) is 0 Å². The molecule has 0 amide bonds. The molecular weight excluding hydrogens is 652 g/mol. The fraction of sp³-hybridized carbons (Fsp3) is 1.00. The van der Waals surface area contributed by atoms with Crippen LogP contribution in [0.1, 0.15) is 202 Å². The van der Waals surface area contributed by atoms with E-state index in [0.717, 1.165) is 83.5 Å². The molecule has 0 saturated heterocycles. The summed E-state index contributed by atoms with van der Waals surface area (Å²) in [4.78, 5) is 0. The Labute approximate surface area is 328 Å². The van der Waals surface area contributed by atoms with Crippen molar-refractivity contribution < 1.29 is 30.6 Å². The molecule has 0 aromatic carbocycles. The highest BCUT2D eigenvalue weighted by atomic mass is 16.3. The van der Waals surface area contributed by atoms with E-state index < -0.39 is 0 Å². The molecule has 10 N–H and O–H groups in total. The average Bonchev–Trinajstić information content (AvgIpc) is 2.97. The summed E-state index contributed by atoms with van der Waals surface area (Å²) in [5.41, 5.74) is 10.4. The zero-order valence-electron chi connectivity index (χ0n) is 37.4. The minimum Gasteiger partial charge on any atom is -0.393 e. The first kappa shape index (κ1) is 66.5. The van der Waals surface area contributed by atoms with Gasteiger partial charge in [0.25, 0.3) is 0 Å². The predicted molar refractivity (Wildman–Crippen MR) is 233 cm³/mol. The Balaban J connectivity index is -0.0000000932. The zero-order chi connectivity index (χ0) is 41.5. The third-order valence-corrected chi connectivity index (χ3v) is 7.42. The van der Waals surface area contributed by atoms with Crippen molar-refractivity contribution in [3.8, 4) is 0 Å². The van der Waals surface area contributed by atoms with Gasteiger partial charge in [0.2, 0.25) is 0 Å². The van der Waals surface area contributed by atoms with Crippen LogP contribution in [0.25, 0.3) is 0 Å². The van der Waals surface area contributed by atoms with Crippen LogP contribution in [0.4, 0.5) is 0 Å². The van der Waals surface area contributed by atoms with Crippen molar-refractivity contribution in [1.82, 2.24) is 0 Å². The van der Waals surface area contributed by atoms with Crippen LogP contribution in [0.15, 0.2) is 0 Å². The third-order valence-electron chi connectivity index (χ3n) is 7.42. The first-order chi connectivity index (χ1) is 23.5. The van der Waals surface area contributed by atoms with E-state index in [2.05, 4.69) is 96.9 Å². The van der Waals surface area contributed by atoms with Gasteiger partial charge in [0.05, 0.1) is 36.6 Å². The lowest BCUT2D eigenvalue weighted by atomic mass is 10.0. The largest absolute Gasteiger partial charge is 0.393 e. The maximum Gasteiger partial charge on any atom is 0.0664 e. The molecule has 2 unspecified atom stereocenters. The van der Waals surface area contributed by atoms with Crippen molar-refractivity contribution in [2.45, 2.75) is 238 Å². The van der Waals surface area contributed by atoms with E-state index in [1.165, 1.54) is 0 Å². The molecule has 0 aromatic rings. The third kappa shape index (κ3) is 78.7. The highest BCUT2D eigenvalue weighted by molar-refractivity contribution is 4.59. The molecule has 6 atom stereocenters. The van der Waals surface area contributed by atoms with Gasteiger partial charge in [0, 0.05) is 6.54 Å². The van der Waals surface area contributed by atoms with Crippen LogP contribution < -0.4 is 11.5 Å². The van der Waals surface area contributed by atoms with E-state index >= 15 is 0 Å². The Morgan fingerprint density at radius 1 is 0.346 bits per heavy atom. The molecule has 0 radical (unpaired) electrons. The minimum absolute atomic E-state index is 0. The summed E-state index contributed by atoms with van der Waals surface area (Å²) in [6.07, 6.45) is 11.3. The van der Waals surface area contributed by atoms with Crippen LogP contribution >= 0.6 is 0 Å². The quantitative estimate of drug-likeness (QED) is 0.0572. The van der Waals surface area contributed by atoms with Crippen LogP contribution in [0, 0.1) is 35.5 Å². The fourth-order valence-corrected chi connectivity index (χ4v) is 4.91. The van der Waals surface area contributed by atoms with E-state index in [9.17, 15) is 10.2 Å². The first-order valence-corrected chi connectivity index (χ1v) is 21.0. The number of hydrogen-bond donors (Lipinski definition) is 8. The van der Waals surface area contributed by atoms with Gasteiger partial charge in [0.15, 0.2) is 0 Å². The summed E-state index contributed by atoms with van der Waals surface area (Å²) in [5, 5.41) is 54.5. The van der Waals surface area contributed by atoms with Crippen molar-refractivity contribution in [1.29, 1.82) is 0 Å². The molecule has 0 aromatic heterocycles. The Morgan fingerprint density at radius 3 is 0.692 bits per heavy atom. The van der Waals surface area contributed by atoms with E-state index in [1.807, 2.05) is 13.8 Å². The number of rotatable bonds is 21. The van der Waals surface area contributed by atoms with E-state index in [0.29, 0.717) is 48.6 Å². The molecular formula is C44H104N2O6. The van der Waals surface area contributed by atoms with Gasteiger partial charge in [-0.3, -0.25) is 0 Å². The molecule has 0 bridgehead atoms. The standard InChI is InChI=1S/2C8H18O.C7H17NO.2C7H16O.C6H15NO.CH4/c2*1-4-5-8(9)6-7(2)3;1-6(2)5-7(9)3-4-8;2*1-4-7(8)5-6(2)3;1-5(2)3-6(8)4-7;/h2*7-9H,4-6H2,1-3H3;6-7,9H,3-5,8H2,1-2H3;2*6-8H,4-5H2,1-3H3;5-6,8H,3-4,7H2,1-2H3;1H4/t8-;;2*7-;;6-;/m0.11.1./s1. The Hall–Kier alpha value is -0.320. The molecule has 0 saturated carbocycles. The predicted octanol–water partition coefficient (Wildman–Crippen LogP) is 9.72. The topological polar surface area (TPSA) is 173 Å². The number of aliphatic hydroxyl groups excluding tert-OH is 6. The monoisotopic (exact) mass is 757 g/mol. The molecule has 52 heavy (non-hydrogen) atoms. The second-order valence-corrected chi connectivity index (χ2v) is 16.9. The van der Waals surface area contributed by atoms with Crippen LogP contribution in [0.5, 0.6) is 0 Å². The molecule has 0 heterocycles. The van der Waals surface area contributed by atoms with Crippen molar-refractivity contribution >= 4 is 0 Å². The summed E-state index contributed by atoms with van der Waals surface area (Å²) < 4.78 is 0. The maximum absolute atomic E-state index is 9.22. The molecule has 8 nitrogen and oxygen atoms in total. The molecule has 0 spiro atoms.